The third kappa shape index (κ3) is 4.87. The molecule has 3 atom stereocenters. The summed E-state index contributed by atoms with van der Waals surface area (Å²) in [4.78, 5) is 25.1. The van der Waals surface area contributed by atoms with Crippen molar-refractivity contribution in [1.29, 1.82) is 5.26 Å². The number of benzene rings is 2. The standard InChI is InChI=1S/C37H34FN9O2/c1-49-33-12-25(37(48)45-20-24-8-9-31(45)34(24)40)10-28-35(33)46(18-22-15-42-47(19-22)26-13-27(38)29(14-39)41-16-26)36(43-28)32-11-23-4-2-3-5-30(23)44(32)17-21-6-7-21/h2-5,10-13,15-16,19,21,24,31,34H,6-9,17-18,20,40H2,1H3/t24?,31?,34-/m1/s1. The molecule has 246 valence electrons. The summed E-state index contributed by atoms with van der Waals surface area (Å²) in [5.41, 5.74) is 11.5. The molecule has 2 saturated carbocycles. The van der Waals surface area contributed by atoms with Crippen LogP contribution in [0.5, 0.6) is 5.75 Å². The minimum Gasteiger partial charge on any atom is -0.494 e. The molecule has 2 aliphatic carbocycles. The number of imidazole rings is 1. The monoisotopic (exact) mass is 655 g/mol. The average Bonchev–Trinajstić information content (AvgIpc) is 3.43. The molecule has 2 unspecified atom stereocenters. The second-order valence-corrected chi connectivity index (χ2v) is 13.6. The van der Waals surface area contributed by atoms with Crippen LogP contribution in [-0.2, 0) is 13.1 Å². The van der Waals surface area contributed by atoms with Crippen molar-refractivity contribution in [2.45, 2.75) is 50.9 Å². The molecule has 11 nitrogen and oxygen atoms in total. The number of nitriles is 1. The van der Waals surface area contributed by atoms with E-state index in [1.54, 1.807) is 19.4 Å². The number of methoxy groups -OCH3 is 1. The topological polar surface area (TPSA) is 133 Å². The van der Waals surface area contributed by atoms with Crippen molar-refractivity contribution in [3.63, 3.8) is 0 Å². The van der Waals surface area contributed by atoms with Crippen molar-refractivity contribution in [3.8, 4) is 29.0 Å². The van der Waals surface area contributed by atoms with Crippen molar-refractivity contribution in [2.24, 2.45) is 17.6 Å². The van der Waals surface area contributed by atoms with E-state index in [4.69, 9.17) is 20.7 Å². The number of aromatic nitrogens is 6. The van der Waals surface area contributed by atoms with E-state index in [0.717, 1.165) is 52.9 Å². The number of nitrogens with two attached hydrogens (primary N) is 1. The highest BCUT2D eigenvalue weighted by molar-refractivity contribution is 6.00. The number of hydrogen-bond donors (Lipinski definition) is 1. The van der Waals surface area contributed by atoms with Gasteiger partial charge in [-0.2, -0.15) is 10.4 Å². The highest BCUT2D eigenvalue weighted by Gasteiger charge is 2.47. The van der Waals surface area contributed by atoms with Gasteiger partial charge in [0.15, 0.2) is 17.3 Å². The summed E-state index contributed by atoms with van der Waals surface area (Å²) in [5.74, 6) is 1.50. The number of halogens is 1. The Kier molecular flexibility index (Phi) is 6.81. The Morgan fingerprint density at radius 3 is 2.69 bits per heavy atom. The number of carbonyl (C=O) groups excluding carboxylic acids is 1. The Balaban J connectivity index is 1.19. The zero-order valence-electron chi connectivity index (χ0n) is 27.0. The van der Waals surface area contributed by atoms with E-state index in [-0.39, 0.29) is 23.7 Å². The minimum atomic E-state index is -0.706. The maximum absolute atomic E-state index is 14.4. The van der Waals surface area contributed by atoms with E-state index in [9.17, 15) is 9.18 Å². The number of fused-ring (bicyclic) bond motifs is 4. The summed E-state index contributed by atoms with van der Waals surface area (Å²) < 4.78 is 26.5. The lowest BCUT2D eigenvalue weighted by atomic mass is 10.1. The lowest BCUT2D eigenvalue weighted by molar-refractivity contribution is 0.0700. The van der Waals surface area contributed by atoms with Crippen molar-refractivity contribution in [1.82, 2.24) is 33.8 Å². The zero-order valence-corrected chi connectivity index (χ0v) is 27.0. The van der Waals surface area contributed by atoms with E-state index < -0.39 is 5.82 Å². The van der Waals surface area contributed by atoms with Crippen LogP contribution in [0.4, 0.5) is 4.39 Å². The summed E-state index contributed by atoms with van der Waals surface area (Å²) in [5, 5.41) is 14.7. The van der Waals surface area contributed by atoms with Gasteiger partial charge in [-0.15, -0.1) is 0 Å². The third-order valence-corrected chi connectivity index (χ3v) is 10.5. The molecule has 6 aromatic rings. The number of carbonyl (C=O) groups is 1. The molecular formula is C37H34FN9O2. The molecule has 9 rings (SSSR count). The van der Waals surface area contributed by atoms with Gasteiger partial charge in [0.05, 0.1) is 42.9 Å². The van der Waals surface area contributed by atoms with Crippen LogP contribution in [0, 0.1) is 29.0 Å². The van der Waals surface area contributed by atoms with Crippen molar-refractivity contribution < 1.29 is 13.9 Å². The molecule has 4 aromatic heterocycles. The SMILES string of the molecule is COc1cc(C(=O)N2CC3CCC2[C@@H]3N)cc2nc(-c3cc4ccccc4n3CC3CC3)n(Cc3cnn(-c4cnc(C#N)c(F)c4)c3)c12. The predicted molar refractivity (Wildman–Crippen MR) is 181 cm³/mol. The Morgan fingerprint density at radius 2 is 1.96 bits per heavy atom. The molecular weight excluding hydrogens is 621 g/mol. The number of ether oxygens (including phenoxy) is 1. The smallest absolute Gasteiger partial charge is 0.254 e. The van der Waals surface area contributed by atoms with Crippen LogP contribution >= 0.6 is 0 Å². The van der Waals surface area contributed by atoms with Gasteiger partial charge in [-0.3, -0.25) is 4.79 Å². The van der Waals surface area contributed by atoms with E-state index in [1.165, 1.54) is 29.8 Å². The Morgan fingerprint density at radius 1 is 1.10 bits per heavy atom. The first-order valence-electron chi connectivity index (χ1n) is 16.7. The number of para-hydroxylation sites is 1. The van der Waals surface area contributed by atoms with Crippen molar-refractivity contribution >= 4 is 27.8 Å². The number of rotatable bonds is 8. The summed E-state index contributed by atoms with van der Waals surface area (Å²) >= 11 is 0. The number of pyridine rings is 1. The van der Waals surface area contributed by atoms with Crippen LogP contribution in [0.2, 0.25) is 0 Å². The number of hydrogen-bond acceptors (Lipinski definition) is 7. The molecule has 1 amide bonds. The third-order valence-electron chi connectivity index (χ3n) is 10.5. The quantitative estimate of drug-likeness (QED) is 0.236. The molecule has 1 saturated heterocycles. The van der Waals surface area contributed by atoms with Gasteiger partial charge in [0.2, 0.25) is 0 Å². The zero-order chi connectivity index (χ0) is 33.4. The first-order valence-corrected chi connectivity index (χ1v) is 16.7. The maximum Gasteiger partial charge on any atom is 0.254 e. The van der Waals surface area contributed by atoms with Crippen LogP contribution < -0.4 is 10.5 Å². The van der Waals surface area contributed by atoms with Gasteiger partial charge in [-0.25, -0.2) is 19.0 Å². The van der Waals surface area contributed by atoms with E-state index >= 15 is 0 Å². The van der Waals surface area contributed by atoms with Crippen LogP contribution in [0.25, 0.3) is 39.1 Å². The highest BCUT2D eigenvalue weighted by Crippen LogP contribution is 2.41. The number of nitrogens with zero attached hydrogens (tertiary/aromatic N) is 8. The molecule has 49 heavy (non-hydrogen) atoms. The van der Waals surface area contributed by atoms with Crippen LogP contribution in [-0.4, -0.2) is 65.4 Å². The number of amides is 1. The van der Waals surface area contributed by atoms with E-state index in [0.29, 0.717) is 47.4 Å². The number of piperidine rings is 1. The fourth-order valence-corrected chi connectivity index (χ4v) is 7.86. The Bertz CT molecular complexity index is 2330. The average molecular weight is 656 g/mol. The van der Waals surface area contributed by atoms with Gasteiger partial charge >= 0.3 is 0 Å². The molecule has 3 aliphatic rings. The normalized spacial score (nSPS) is 20.0. The first kappa shape index (κ1) is 29.6. The minimum absolute atomic E-state index is 0.0197. The fourth-order valence-electron chi connectivity index (χ4n) is 7.86. The summed E-state index contributed by atoms with van der Waals surface area (Å²) in [7, 11) is 1.61. The molecule has 2 N–H and O–H groups in total. The predicted octanol–water partition coefficient (Wildman–Crippen LogP) is 5.28. The van der Waals surface area contributed by atoms with Crippen LogP contribution in [0.1, 0.15) is 47.3 Å². The van der Waals surface area contributed by atoms with Gasteiger partial charge in [0.25, 0.3) is 5.91 Å². The van der Waals surface area contributed by atoms with Crippen molar-refractivity contribution in [3.05, 3.63) is 89.8 Å². The van der Waals surface area contributed by atoms with Crippen molar-refractivity contribution in [2.75, 3.05) is 13.7 Å². The fraction of sp³-hybridized carbons (Fsp3) is 0.324. The molecule has 0 spiro atoms. The lowest BCUT2D eigenvalue weighted by Crippen LogP contribution is -2.41. The molecule has 2 aromatic carbocycles. The summed E-state index contributed by atoms with van der Waals surface area (Å²) in [6.07, 6.45) is 9.36. The van der Waals surface area contributed by atoms with Crippen LogP contribution in [0.15, 0.2) is 67.1 Å². The van der Waals surface area contributed by atoms with Gasteiger partial charge < -0.3 is 24.5 Å². The Labute approximate surface area is 281 Å². The molecule has 5 heterocycles. The van der Waals surface area contributed by atoms with Gasteiger partial charge in [0, 0.05) is 59.5 Å². The lowest BCUT2D eigenvalue weighted by Gasteiger charge is -2.27. The molecule has 2 bridgehead atoms. The highest BCUT2D eigenvalue weighted by atomic mass is 19.1. The van der Waals surface area contributed by atoms with E-state index in [1.807, 2.05) is 29.3 Å². The van der Waals surface area contributed by atoms with Crippen LogP contribution in [0.3, 0.4) is 0 Å². The molecule has 0 radical (unpaired) electrons. The maximum atomic E-state index is 14.4. The molecule has 12 heteroatoms. The number of likely N-dealkylation sites (tertiary alicyclic amines) is 1. The Hall–Kier alpha value is -5.54. The molecule has 1 aliphatic heterocycles. The van der Waals surface area contributed by atoms with E-state index in [2.05, 4.69) is 43.5 Å². The largest absolute Gasteiger partial charge is 0.494 e. The molecule has 3 fully saturated rings. The second kappa shape index (κ2) is 11.3. The van der Waals surface area contributed by atoms with Gasteiger partial charge in [-0.1, -0.05) is 18.2 Å². The van der Waals surface area contributed by atoms with Gasteiger partial charge in [0.1, 0.15) is 17.3 Å². The first-order chi connectivity index (χ1) is 23.9. The second-order valence-electron chi connectivity index (χ2n) is 13.6. The van der Waals surface area contributed by atoms with Gasteiger partial charge in [-0.05, 0) is 61.8 Å². The summed E-state index contributed by atoms with van der Waals surface area (Å²) in [6.45, 7) is 1.94. The summed E-state index contributed by atoms with van der Waals surface area (Å²) in [6, 6.07) is 17.3.